The maximum absolute atomic E-state index is 13.2. The molecule has 0 amide bonds. The molecule has 144 valence electrons. The summed E-state index contributed by atoms with van der Waals surface area (Å²) in [5.74, 6) is 0.842. The molecule has 1 aromatic heterocycles. The molecule has 1 saturated carbocycles. The Hall–Kier alpha value is -2.42. The Morgan fingerprint density at radius 2 is 2.00 bits per heavy atom. The van der Waals surface area contributed by atoms with E-state index in [0.29, 0.717) is 24.1 Å². The topological polar surface area (TPSA) is 69.3 Å². The number of aromatic nitrogens is 1. The number of piperidine rings is 2. The van der Waals surface area contributed by atoms with Crippen molar-refractivity contribution in [2.45, 2.75) is 57.2 Å². The zero-order valence-corrected chi connectivity index (χ0v) is 16.4. The highest BCUT2D eigenvalue weighted by Crippen LogP contribution is 2.63. The van der Waals surface area contributed by atoms with Crippen LogP contribution in [0.1, 0.15) is 53.0 Å². The predicted molar refractivity (Wildman–Crippen MR) is 105 cm³/mol. The van der Waals surface area contributed by atoms with E-state index in [-0.39, 0.29) is 17.4 Å². The number of hydrogen-bond acceptors (Lipinski definition) is 4. The molecular formula is C23H25N3O2. The van der Waals surface area contributed by atoms with Crippen molar-refractivity contribution in [3.05, 3.63) is 52.8 Å². The van der Waals surface area contributed by atoms with Crippen molar-refractivity contribution < 1.29 is 9.90 Å². The Labute approximate surface area is 165 Å². The minimum Gasteiger partial charge on any atom is -0.393 e. The molecule has 5 rings (SSSR count). The molecule has 1 spiro atoms. The van der Waals surface area contributed by atoms with Gasteiger partial charge in [-0.1, -0.05) is 0 Å². The molecule has 5 nitrogen and oxygen atoms in total. The van der Waals surface area contributed by atoms with Crippen molar-refractivity contribution in [1.29, 1.82) is 5.26 Å². The minimum atomic E-state index is -0.203. The lowest BCUT2D eigenvalue weighted by Crippen LogP contribution is -2.50. The molecule has 3 aliphatic rings. The van der Waals surface area contributed by atoms with Gasteiger partial charge in [-0.25, -0.2) is 0 Å². The fourth-order valence-electron chi connectivity index (χ4n) is 5.89. The first-order valence-corrected chi connectivity index (χ1v) is 10.1. The largest absolute Gasteiger partial charge is 0.393 e. The van der Waals surface area contributed by atoms with E-state index in [0.717, 1.165) is 48.3 Å². The van der Waals surface area contributed by atoms with E-state index in [9.17, 15) is 9.90 Å². The first-order valence-electron chi connectivity index (χ1n) is 10.1. The summed E-state index contributed by atoms with van der Waals surface area (Å²) in [5, 5.41) is 19.2. The van der Waals surface area contributed by atoms with E-state index >= 15 is 0 Å². The van der Waals surface area contributed by atoms with Crippen molar-refractivity contribution in [2.75, 3.05) is 6.54 Å². The van der Waals surface area contributed by atoms with E-state index in [2.05, 4.69) is 15.5 Å². The number of aryl methyl sites for hydroxylation is 1. The number of aliphatic hydroxyl groups excluding tert-OH is 1. The van der Waals surface area contributed by atoms with Crippen molar-refractivity contribution in [3.8, 4) is 11.8 Å². The van der Waals surface area contributed by atoms with Crippen molar-refractivity contribution in [3.63, 3.8) is 0 Å². The number of nitrogens with zero attached hydrogens (tertiary/aromatic N) is 3. The molecule has 5 heteroatoms. The molecule has 3 heterocycles. The van der Waals surface area contributed by atoms with Gasteiger partial charge in [0.05, 0.1) is 24.3 Å². The Kier molecular flexibility index (Phi) is 3.81. The molecule has 4 atom stereocenters. The van der Waals surface area contributed by atoms with Gasteiger partial charge in [0, 0.05) is 34.2 Å². The molecule has 2 bridgehead atoms. The summed E-state index contributed by atoms with van der Waals surface area (Å²) in [6.07, 6.45) is 3.69. The van der Waals surface area contributed by atoms with Crippen LogP contribution in [-0.2, 0) is 0 Å². The highest BCUT2D eigenvalue weighted by atomic mass is 16.3. The summed E-state index contributed by atoms with van der Waals surface area (Å²) in [5.41, 5.74) is 4.43. The number of fused-ring (bicyclic) bond motifs is 1. The molecule has 1 aliphatic carbocycles. The van der Waals surface area contributed by atoms with Crippen LogP contribution < -0.4 is 0 Å². The number of benzene rings is 1. The number of carbonyl (C=O) groups excluding carboxylic acids is 1. The number of rotatable bonds is 4. The number of hydrogen-bond donors (Lipinski definition) is 1. The van der Waals surface area contributed by atoms with Crippen LogP contribution in [0.5, 0.6) is 0 Å². The third-order valence-electron chi connectivity index (χ3n) is 7.20. The third kappa shape index (κ3) is 2.48. The number of nitriles is 1. The van der Waals surface area contributed by atoms with Crippen LogP contribution in [0.2, 0.25) is 0 Å². The molecule has 3 fully saturated rings. The van der Waals surface area contributed by atoms with Crippen LogP contribution in [0, 0.1) is 31.1 Å². The number of carbonyl (C=O) groups is 1. The smallest absolute Gasteiger partial charge is 0.178 e. The third-order valence-corrected chi connectivity index (χ3v) is 7.20. The normalized spacial score (nSPS) is 30.7. The maximum atomic E-state index is 13.2. The van der Waals surface area contributed by atoms with Gasteiger partial charge in [-0.05, 0) is 75.8 Å². The monoisotopic (exact) mass is 375 g/mol. The molecule has 2 aromatic rings. The average molecular weight is 375 g/mol. The van der Waals surface area contributed by atoms with Gasteiger partial charge in [0.2, 0.25) is 0 Å². The van der Waals surface area contributed by atoms with E-state index < -0.39 is 0 Å². The summed E-state index contributed by atoms with van der Waals surface area (Å²) in [6, 6.07) is 11.9. The summed E-state index contributed by atoms with van der Waals surface area (Å²) < 4.78 is 2.08. The summed E-state index contributed by atoms with van der Waals surface area (Å²) in [6.45, 7) is 4.45. The van der Waals surface area contributed by atoms with Gasteiger partial charge < -0.3 is 9.67 Å². The van der Waals surface area contributed by atoms with Crippen LogP contribution >= 0.6 is 0 Å². The molecule has 0 radical (unpaired) electrons. The minimum absolute atomic E-state index is 0.0939. The van der Waals surface area contributed by atoms with Gasteiger partial charge in [-0.3, -0.25) is 9.69 Å². The number of aliphatic hydroxyl groups is 1. The number of ketones is 1. The van der Waals surface area contributed by atoms with Crippen molar-refractivity contribution in [2.24, 2.45) is 5.92 Å². The second kappa shape index (κ2) is 6.04. The van der Waals surface area contributed by atoms with Gasteiger partial charge in [-0.15, -0.1) is 0 Å². The first-order chi connectivity index (χ1) is 13.4. The van der Waals surface area contributed by atoms with Crippen LogP contribution in [0.15, 0.2) is 30.3 Å². The van der Waals surface area contributed by atoms with Gasteiger partial charge in [0.1, 0.15) is 0 Å². The molecular weight excluding hydrogens is 350 g/mol. The quantitative estimate of drug-likeness (QED) is 0.834. The van der Waals surface area contributed by atoms with Crippen LogP contribution in [0.4, 0.5) is 0 Å². The van der Waals surface area contributed by atoms with Gasteiger partial charge >= 0.3 is 0 Å². The molecule has 1 aromatic carbocycles. The van der Waals surface area contributed by atoms with Crippen LogP contribution in [0.3, 0.4) is 0 Å². The maximum Gasteiger partial charge on any atom is 0.178 e. The number of Topliss-reactive ketones (excluding diaryl/α,β-unsaturated/α-hetero) is 1. The van der Waals surface area contributed by atoms with Crippen molar-refractivity contribution in [1.82, 2.24) is 9.47 Å². The van der Waals surface area contributed by atoms with Gasteiger partial charge in [-0.2, -0.15) is 5.26 Å². The molecule has 1 N–H and O–H groups in total. The van der Waals surface area contributed by atoms with Gasteiger partial charge in [0.25, 0.3) is 0 Å². The highest BCUT2D eigenvalue weighted by molar-refractivity contribution is 5.99. The summed E-state index contributed by atoms with van der Waals surface area (Å²) >= 11 is 0. The van der Waals surface area contributed by atoms with E-state index in [1.54, 1.807) is 12.1 Å². The second-order valence-corrected chi connectivity index (χ2v) is 8.82. The summed E-state index contributed by atoms with van der Waals surface area (Å²) in [7, 11) is 0. The first kappa shape index (κ1) is 17.7. The average Bonchev–Trinajstić information content (AvgIpc) is 3.18. The van der Waals surface area contributed by atoms with Gasteiger partial charge in [0.15, 0.2) is 5.78 Å². The van der Waals surface area contributed by atoms with E-state index in [1.807, 2.05) is 32.0 Å². The Morgan fingerprint density at radius 1 is 1.25 bits per heavy atom. The lowest BCUT2D eigenvalue weighted by Gasteiger charge is -2.40. The highest BCUT2D eigenvalue weighted by Gasteiger charge is 2.67. The van der Waals surface area contributed by atoms with Crippen LogP contribution in [-0.4, -0.2) is 44.6 Å². The van der Waals surface area contributed by atoms with E-state index in [4.69, 9.17) is 5.26 Å². The van der Waals surface area contributed by atoms with E-state index in [1.165, 1.54) is 0 Å². The second-order valence-electron chi connectivity index (χ2n) is 8.82. The lowest BCUT2D eigenvalue weighted by molar-refractivity contribution is 0.0120. The Balaban J connectivity index is 1.41. The zero-order chi connectivity index (χ0) is 19.6. The Bertz CT molecular complexity index is 998. The van der Waals surface area contributed by atoms with Crippen LogP contribution in [0.25, 0.3) is 5.69 Å². The lowest BCUT2D eigenvalue weighted by atomic mass is 9.94. The molecule has 2 saturated heterocycles. The van der Waals surface area contributed by atoms with Crippen molar-refractivity contribution >= 4 is 5.78 Å². The fourth-order valence-corrected chi connectivity index (χ4v) is 5.89. The molecule has 28 heavy (non-hydrogen) atoms. The predicted octanol–water partition coefficient (Wildman–Crippen LogP) is 3.14. The SMILES string of the molecule is Cc1cc(C(=O)CN2C3CC4CC42C[C@@H](O)C3)c(C)n1-c1ccc(C#N)cc1. The standard InChI is InChI=1S/C23H25N3O2/c1-14-7-21(15(2)26(14)18-5-3-16(12-24)4-6-18)22(28)13-25-19-8-17-10-23(17,25)11-20(27)9-19/h3-7,17,19-20,27H,8-11,13H2,1-2H3/t17?,19?,20-,23?/m0/s1. The Morgan fingerprint density at radius 3 is 2.68 bits per heavy atom. The molecule has 2 aliphatic heterocycles. The summed E-state index contributed by atoms with van der Waals surface area (Å²) in [4.78, 5) is 15.6. The molecule has 3 unspecified atom stereocenters. The zero-order valence-electron chi connectivity index (χ0n) is 16.4. The fraction of sp³-hybridized carbons (Fsp3) is 0.478.